The van der Waals surface area contributed by atoms with E-state index in [1.165, 1.54) is 31.2 Å². The summed E-state index contributed by atoms with van der Waals surface area (Å²) in [6.45, 7) is -0.656. The van der Waals surface area contributed by atoms with Crippen molar-refractivity contribution in [2.45, 2.75) is 6.54 Å². The van der Waals surface area contributed by atoms with E-state index in [2.05, 4.69) is 5.32 Å². The van der Waals surface area contributed by atoms with Gasteiger partial charge in [-0.25, -0.2) is 4.39 Å². The summed E-state index contributed by atoms with van der Waals surface area (Å²) in [4.78, 5) is 37.0. The van der Waals surface area contributed by atoms with Crippen molar-refractivity contribution >= 4 is 17.8 Å². The molecule has 1 N–H and O–H groups in total. The minimum Gasteiger partial charge on any atom is -0.497 e. The third kappa shape index (κ3) is 6.39. The minimum absolute atomic E-state index is 0.183. The fourth-order valence-electron chi connectivity index (χ4n) is 2.30. The summed E-state index contributed by atoms with van der Waals surface area (Å²) in [6, 6.07) is 12.2. The van der Waals surface area contributed by atoms with Crippen LogP contribution in [0.2, 0.25) is 0 Å². The maximum absolute atomic E-state index is 13.2. The van der Waals surface area contributed by atoms with E-state index in [1.54, 1.807) is 36.4 Å². The topological polar surface area (TPSA) is 84.9 Å². The van der Waals surface area contributed by atoms with Crippen LogP contribution in [0.3, 0.4) is 0 Å². The van der Waals surface area contributed by atoms with Gasteiger partial charge in [-0.1, -0.05) is 12.1 Å². The highest BCUT2D eigenvalue weighted by atomic mass is 19.1. The van der Waals surface area contributed by atoms with Gasteiger partial charge in [0, 0.05) is 19.2 Å². The molecule has 0 unspecified atom stereocenters. The van der Waals surface area contributed by atoms with Gasteiger partial charge in [-0.15, -0.1) is 0 Å². The molecule has 2 aromatic rings. The number of benzene rings is 2. The van der Waals surface area contributed by atoms with Gasteiger partial charge in [-0.2, -0.15) is 0 Å². The van der Waals surface area contributed by atoms with Crippen molar-refractivity contribution in [2.24, 2.45) is 0 Å². The molecule has 0 aliphatic heterocycles. The molecule has 8 heteroatoms. The molecule has 0 bridgehead atoms. The van der Waals surface area contributed by atoms with Crippen LogP contribution in [0.5, 0.6) is 5.75 Å². The number of likely N-dealkylation sites (N-methyl/N-ethyl adjacent to an activating group) is 1. The number of rotatable bonds is 8. The van der Waals surface area contributed by atoms with Gasteiger partial charge in [0.25, 0.3) is 11.8 Å². The van der Waals surface area contributed by atoms with Crippen molar-refractivity contribution < 1.29 is 28.2 Å². The van der Waals surface area contributed by atoms with Crippen molar-refractivity contribution in [2.75, 3.05) is 27.3 Å². The van der Waals surface area contributed by atoms with E-state index in [9.17, 15) is 18.8 Å². The van der Waals surface area contributed by atoms with E-state index in [0.717, 1.165) is 0 Å². The lowest BCUT2D eigenvalue weighted by Crippen LogP contribution is -2.34. The number of amides is 2. The summed E-state index contributed by atoms with van der Waals surface area (Å²) in [6.07, 6.45) is 0. The van der Waals surface area contributed by atoms with E-state index in [4.69, 9.17) is 9.47 Å². The van der Waals surface area contributed by atoms with Crippen molar-refractivity contribution in [1.82, 2.24) is 10.2 Å². The molecule has 7 nitrogen and oxygen atoms in total. The largest absolute Gasteiger partial charge is 0.497 e. The van der Waals surface area contributed by atoms with Crippen molar-refractivity contribution in [3.8, 4) is 5.75 Å². The highest BCUT2D eigenvalue weighted by Crippen LogP contribution is 2.11. The van der Waals surface area contributed by atoms with Crippen LogP contribution >= 0.6 is 0 Å². The lowest BCUT2D eigenvalue weighted by molar-refractivity contribution is -0.150. The molecule has 0 spiro atoms. The maximum atomic E-state index is 13.2. The van der Waals surface area contributed by atoms with E-state index in [0.29, 0.717) is 16.9 Å². The number of hydrogen-bond acceptors (Lipinski definition) is 5. The fourth-order valence-corrected chi connectivity index (χ4v) is 2.30. The Balaban J connectivity index is 1.73. The molecule has 148 valence electrons. The summed E-state index contributed by atoms with van der Waals surface area (Å²) < 4.78 is 23.0. The van der Waals surface area contributed by atoms with Crippen LogP contribution in [0.25, 0.3) is 0 Å². The summed E-state index contributed by atoms with van der Waals surface area (Å²) in [5.41, 5.74) is 0.980. The minimum atomic E-state index is -0.741. The smallest absolute Gasteiger partial charge is 0.325 e. The second-order valence-electron chi connectivity index (χ2n) is 5.95. The zero-order chi connectivity index (χ0) is 20.5. The first-order valence-corrected chi connectivity index (χ1v) is 8.45. The van der Waals surface area contributed by atoms with Gasteiger partial charge in [-0.05, 0) is 42.0 Å². The number of halogens is 1. The summed E-state index contributed by atoms with van der Waals surface area (Å²) >= 11 is 0. The van der Waals surface area contributed by atoms with Crippen LogP contribution in [-0.4, -0.2) is 50.0 Å². The lowest BCUT2D eigenvalue weighted by Gasteiger charge is -2.17. The molecule has 0 radical (unpaired) electrons. The Labute approximate surface area is 162 Å². The van der Waals surface area contributed by atoms with Crippen LogP contribution in [0, 0.1) is 5.82 Å². The Morgan fingerprint density at radius 1 is 1.11 bits per heavy atom. The van der Waals surface area contributed by atoms with Crippen molar-refractivity contribution in [3.63, 3.8) is 0 Å². The van der Waals surface area contributed by atoms with E-state index in [1.807, 2.05) is 0 Å². The average molecular weight is 388 g/mol. The number of esters is 1. The average Bonchev–Trinajstić information content (AvgIpc) is 2.70. The number of carbonyl (C=O) groups excluding carboxylic acids is 3. The number of methoxy groups -OCH3 is 1. The molecule has 2 rings (SSSR count). The zero-order valence-electron chi connectivity index (χ0n) is 15.6. The Morgan fingerprint density at radius 2 is 1.82 bits per heavy atom. The van der Waals surface area contributed by atoms with Crippen LogP contribution in [-0.2, 0) is 20.9 Å². The predicted octanol–water partition coefficient (Wildman–Crippen LogP) is 1.77. The summed E-state index contributed by atoms with van der Waals surface area (Å²) in [5, 5.41) is 2.41. The molecule has 0 fully saturated rings. The molecule has 0 saturated carbocycles. The number of hydrogen-bond donors (Lipinski definition) is 1. The molecule has 28 heavy (non-hydrogen) atoms. The molecule has 2 amide bonds. The molecule has 0 atom stereocenters. The van der Waals surface area contributed by atoms with Gasteiger partial charge in [-0.3, -0.25) is 14.4 Å². The molecule has 0 saturated heterocycles. The van der Waals surface area contributed by atoms with Gasteiger partial charge in [0.15, 0.2) is 6.61 Å². The van der Waals surface area contributed by atoms with Gasteiger partial charge in [0.1, 0.15) is 18.1 Å². The SMILES string of the molecule is COc1ccc(C(=O)NCC(=O)OCC(=O)N(C)Cc2cccc(F)c2)cc1. The first kappa shape index (κ1) is 20.9. The van der Waals surface area contributed by atoms with Gasteiger partial charge < -0.3 is 19.7 Å². The number of ether oxygens (including phenoxy) is 2. The first-order chi connectivity index (χ1) is 13.4. The third-order valence-corrected chi connectivity index (χ3v) is 3.84. The van der Waals surface area contributed by atoms with Gasteiger partial charge >= 0.3 is 5.97 Å². The number of nitrogens with zero attached hydrogens (tertiary/aromatic N) is 1. The Kier molecular flexibility index (Phi) is 7.50. The Hall–Kier alpha value is -3.42. The van der Waals surface area contributed by atoms with Crippen LogP contribution in [0.4, 0.5) is 4.39 Å². The summed E-state index contributed by atoms with van der Waals surface area (Å²) in [7, 11) is 3.04. The molecule has 2 aromatic carbocycles. The van der Waals surface area contributed by atoms with E-state index < -0.39 is 30.2 Å². The third-order valence-electron chi connectivity index (χ3n) is 3.84. The second-order valence-corrected chi connectivity index (χ2v) is 5.95. The Morgan fingerprint density at radius 3 is 2.46 bits per heavy atom. The van der Waals surface area contributed by atoms with Crippen LogP contribution in [0.15, 0.2) is 48.5 Å². The normalized spacial score (nSPS) is 10.1. The standard InChI is InChI=1S/C20H21FN2O5/c1-23(12-14-4-3-5-16(21)10-14)18(24)13-28-19(25)11-22-20(26)15-6-8-17(27-2)9-7-15/h3-10H,11-13H2,1-2H3,(H,22,26). The molecular weight excluding hydrogens is 367 g/mol. The molecule has 0 heterocycles. The number of nitrogens with one attached hydrogen (secondary N) is 1. The quantitative estimate of drug-likeness (QED) is 0.697. The van der Waals surface area contributed by atoms with Gasteiger partial charge in [0.05, 0.1) is 7.11 Å². The van der Waals surface area contributed by atoms with E-state index in [-0.39, 0.29) is 13.1 Å². The highest BCUT2D eigenvalue weighted by Gasteiger charge is 2.14. The second kappa shape index (κ2) is 10.1. The van der Waals surface area contributed by atoms with Crippen molar-refractivity contribution in [1.29, 1.82) is 0 Å². The van der Waals surface area contributed by atoms with Crippen LogP contribution in [0.1, 0.15) is 15.9 Å². The maximum Gasteiger partial charge on any atom is 0.325 e. The molecule has 0 aromatic heterocycles. The Bertz CT molecular complexity index is 839. The fraction of sp³-hybridized carbons (Fsp3) is 0.250. The monoisotopic (exact) mass is 388 g/mol. The van der Waals surface area contributed by atoms with Crippen LogP contribution < -0.4 is 10.1 Å². The highest BCUT2D eigenvalue weighted by molar-refractivity contribution is 5.96. The lowest BCUT2D eigenvalue weighted by atomic mass is 10.2. The molecular formula is C20H21FN2O5. The predicted molar refractivity (Wildman–Crippen MR) is 99.2 cm³/mol. The number of carbonyl (C=O) groups is 3. The summed E-state index contributed by atoms with van der Waals surface area (Å²) in [5.74, 6) is -1.42. The van der Waals surface area contributed by atoms with Gasteiger partial charge in [0.2, 0.25) is 0 Å². The zero-order valence-corrected chi connectivity index (χ0v) is 15.6. The van der Waals surface area contributed by atoms with E-state index >= 15 is 0 Å². The van der Waals surface area contributed by atoms with Crippen molar-refractivity contribution in [3.05, 3.63) is 65.5 Å². The molecule has 0 aliphatic carbocycles. The first-order valence-electron chi connectivity index (χ1n) is 8.45. The molecule has 0 aliphatic rings.